The normalized spacial score (nSPS) is 16.4. The Morgan fingerprint density at radius 1 is 1.14 bits per heavy atom. The van der Waals surface area contributed by atoms with Gasteiger partial charge in [-0.2, -0.15) is 0 Å². The summed E-state index contributed by atoms with van der Waals surface area (Å²) in [6.45, 7) is 8.89. The van der Waals surface area contributed by atoms with E-state index in [1.165, 1.54) is 26.4 Å². The highest BCUT2D eigenvalue weighted by molar-refractivity contribution is 6.69. The van der Waals surface area contributed by atoms with E-state index >= 15 is 0 Å². The van der Waals surface area contributed by atoms with Gasteiger partial charge in [0.1, 0.15) is 0 Å². The van der Waals surface area contributed by atoms with Gasteiger partial charge < -0.3 is 9.16 Å². The molecule has 4 nitrogen and oxygen atoms in total. The van der Waals surface area contributed by atoms with E-state index in [1.54, 1.807) is 0 Å². The number of hydrogen-bond donors (Lipinski definition) is 0. The van der Waals surface area contributed by atoms with Gasteiger partial charge in [0.25, 0.3) is 0 Å². The molecule has 29 heavy (non-hydrogen) atoms. The zero-order valence-electron chi connectivity index (χ0n) is 19.1. The van der Waals surface area contributed by atoms with Crippen LogP contribution in [0.2, 0.25) is 19.6 Å². The molecule has 0 bridgehead atoms. The summed E-state index contributed by atoms with van der Waals surface area (Å²) in [5.41, 5.74) is 2.10. The summed E-state index contributed by atoms with van der Waals surface area (Å²) in [5, 5.41) is 0. The molecule has 0 heterocycles. The Labute approximate surface area is 178 Å². The zero-order valence-corrected chi connectivity index (χ0v) is 20.1. The van der Waals surface area contributed by atoms with Crippen LogP contribution in [0.4, 0.5) is 0 Å². The lowest BCUT2D eigenvalue weighted by molar-refractivity contribution is -0.140. The van der Waals surface area contributed by atoms with Crippen LogP contribution in [-0.4, -0.2) is 33.3 Å². The van der Waals surface area contributed by atoms with Crippen LogP contribution in [0.25, 0.3) is 0 Å². The largest absolute Gasteiger partial charge is 0.469 e. The van der Waals surface area contributed by atoms with E-state index in [1.807, 2.05) is 0 Å². The molecule has 0 aromatic carbocycles. The second-order valence-corrected chi connectivity index (χ2v) is 13.2. The number of rotatable bonds is 14. The lowest BCUT2D eigenvalue weighted by atomic mass is 10.0. The van der Waals surface area contributed by atoms with Gasteiger partial charge in [0.2, 0.25) is 0 Å². The SMILES string of the molecule is CCCCC[C@@H](/C=C/C1=C(C/C=C\CCCC(=O)OC)C(=O)CC1)O[Si](C)(C)C. The molecule has 5 heteroatoms. The Hall–Kier alpha value is -1.46. The Kier molecular flexibility index (Phi) is 12.1. The molecular weight excluding hydrogens is 380 g/mol. The number of esters is 1. The summed E-state index contributed by atoms with van der Waals surface area (Å²) in [7, 11) is -0.200. The fourth-order valence-corrected chi connectivity index (χ4v) is 4.52. The summed E-state index contributed by atoms with van der Waals surface area (Å²) in [5.74, 6) is 0.0889. The average molecular weight is 421 g/mol. The van der Waals surface area contributed by atoms with Crippen molar-refractivity contribution in [3.05, 3.63) is 35.5 Å². The third-order valence-corrected chi connectivity index (χ3v) is 5.93. The maximum atomic E-state index is 12.3. The maximum Gasteiger partial charge on any atom is 0.305 e. The van der Waals surface area contributed by atoms with Gasteiger partial charge in [-0.1, -0.05) is 50.5 Å². The molecule has 1 atom stereocenters. The highest BCUT2D eigenvalue weighted by atomic mass is 28.4. The average Bonchev–Trinajstić information content (AvgIpc) is 3.01. The van der Waals surface area contributed by atoms with Crippen molar-refractivity contribution in [1.82, 2.24) is 0 Å². The molecule has 0 unspecified atom stereocenters. The van der Waals surface area contributed by atoms with E-state index in [0.717, 1.165) is 36.8 Å². The molecule has 0 fully saturated rings. The number of ether oxygens (including phenoxy) is 1. The fraction of sp³-hybridized carbons (Fsp3) is 0.667. The van der Waals surface area contributed by atoms with Crippen LogP contribution in [0.15, 0.2) is 35.5 Å². The second-order valence-electron chi connectivity index (χ2n) is 8.69. The van der Waals surface area contributed by atoms with Crippen LogP contribution in [0.3, 0.4) is 0 Å². The standard InChI is InChI=1S/C24H40O4Si/c1-6-7-10-13-21(28-29(3,4)5)18-16-20-17-19-23(25)22(20)14-11-8-9-12-15-24(26)27-2/h8,11,16,18,21H,6-7,9-10,12-15,17,19H2,1-5H3/b11-8-,18-16+/t21-/m0/s1. The van der Waals surface area contributed by atoms with Gasteiger partial charge in [-0.3, -0.25) is 9.59 Å². The monoisotopic (exact) mass is 420 g/mol. The van der Waals surface area contributed by atoms with Crippen molar-refractivity contribution < 1.29 is 18.8 Å². The number of ketones is 1. The molecule has 0 aliphatic heterocycles. The van der Waals surface area contributed by atoms with E-state index in [-0.39, 0.29) is 17.9 Å². The van der Waals surface area contributed by atoms with Gasteiger partial charge in [0.15, 0.2) is 14.1 Å². The van der Waals surface area contributed by atoms with Crippen LogP contribution in [0, 0.1) is 0 Å². The molecule has 1 aliphatic carbocycles. The molecule has 0 aromatic heterocycles. The van der Waals surface area contributed by atoms with Crippen molar-refractivity contribution in [3.8, 4) is 0 Å². The van der Waals surface area contributed by atoms with Crippen molar-refractivity contribution in [2.24, 2.45) is 0 Å². The summed E-state index contributed by atoms with van der Waals surface area (Å²) in [6.07, 6.45) is 17.4. The lowest BCUT2D eigenvalue weighted by Crippen LogP contribution is -2.31. The predicted octanol–water partition coefficient (Wildman–Crippen LogP) is 6.29. The first-order valence-corrected chi connectivity index (χ1v) is 14.5. The first-order valence-electron chi connectivity index (χ1n) is 11.1. The molecule has 0 spiro atoms. The van der Waals surface area contributed by atoms with Gasteiger partial charge >= 0.3 is 5.97 Å². The number of carbonyl (C=O) groups is 2. The number of allylic oxidation sites excluding steroid dienone is 5. The molecule has 1 aliphatic rings. The van der Waals surface area contributed by atoms with E-state index < -0.39 is 8.32 Å². The summed E-state index contributed by atoms with van der Waals surface area (Å²) >= 11 is 0. The van der Waals surface area contributed by atoms with E-state index in [2.05, 4.69) is 55.6 Å². The van der Waals surface area contributed by atoms with E-state index in [4.69, 9.17) is 4.43 Å². The van der Waals surface area contributed by atoms with Crippen LogP contribution in [-0.2, 0) is 18.8 Å². The van der Waals surface area contributed by atoms with Crippen LogP contribution in [0.1, 0.15) is 71.1 Å². The molecule has 0 radical (unpaired) electrons. The molecule has 1 rings (SSSR count). The Bertz CT molecular complexity index is 611. The lowest BCUT2D eigenvalue weighted by Gasteiger charge is -2.24. The molecule has 0 N–H and O–H groups in total. The third-order valence-electron chi connectivity index (χ3n) is 4.92. The van der Waals surface area contributed by atoms with Crippen molar-refractivity contribution >= 4 is 20.1 Å². The third kappa shape index (κ3) is 11.3. The number of hydrogen-bond acceptors (Lipinski definition) is 4. The zero-order chi connectivity index (χ0) is 21.7. The van der Waals surface area contributed by atoms with Crippen LogP contribution in [0.5, 0.6) is 0 Å². The van der Waals surface area contributed by atoms with Gasteiger partial charge in [0.05, 0.1) is 13.2 Å². The second kappa shape index (κ2) is 13.7. The molecular formula is C24H40O4Si. The first kappa shape index (κ1) is 25.6. The molecule has 164 valence electrons. The molecule has 0 saturated carbocycles. The number of carbonyl (C=O) groups excluding carboxylic acids is 2. The Balaban J connectivity index is 2.68. The maximum absolute atomic E-state index is 12.3. The summed E-state index contributed by atoms with van der Waals surface area (Å²) < 4.78 is 11.0. The predicted molar refractivity (Wildman–Crippen MR) is 122 cm³/mol. The number of methoxy groups -OCH3 is 1. The van der Waals surface area contributed by atoms with Crippen molar-refractivity contribution in [2.75, 3.05) is 7.11 Å². The number of Topliss-reactive ketones (excluding diaryl/α,β-unsaturated/α-hetero) is 1. The van der Waals surface area contributed by atoms with Gasteiger partial charge in [0, 0.05) is 18.4 Å². The van der Waals surface area contributed by atoms with Gasteiger partial charge in [-0.15, -0.1) is 0 Å². The highest BCUT2D eigenvalue weighted by Gasteiger charge is 2.22. The highest BCUT2D eigenvalue weighted by Crippen LogP contribution is 2.27. The smallest absolute Gasteiger partial charge is 0.305 e. The van der Waals surface area contributed by atoms with E-state index in [9.17, 15) is 9.59 Å². The topological polar surface area (TPSA) is 52.6 Å². The first-order chi connectivity index (χ1) is 13.8. The van der Waals surface area contributed by atoms with Crippen molar-refractivity contribution in [1.29, 1.82) is 0 Å². The van der Waals surface area contributed by atoms with E-state index in [0.29, 0.717) is 19.3 Å². The minimum atomic E-state index is -1.61. The van der Waals surface area contributed by atoms with Crippen molar-refractivity contribution in [3.63, 3.8) is 0 Å². The summed E-state index contributed by atoms with van der Waals surface area (Å²) in [4.78, 5) is 23.4. The minimum absolute atomic E-state index is 0.145. The van der Waals surface area contributed by atoms with Crippen LogP contribution < -0.4 is 0 Å². The quantitative estimate of drug-likeness (QED) is 0.143. The Morgan fingerprint density at radius 2 is 1.90 bits per heavy atom. The molecule has 0 saturated heterocycles. The fourth-order valence-electron chi connectivity index (χ4n) is 3.41. The Morgan fingerprint density at radius 3 is 2.55 bits per heavy atom. The van der Waals surface area contributed by atoms with Gasteiger partial charge in [-0.05, 0) is 57.3 Å². The molecule has 0 amide bonds. The molecule has 0 aromatic rings. The summed E-state index contributed by atoms with van der Waals surface area (Å²) in [6, 6.07) is 0. The van der Waals surface area contributed by atoms with Crippen LogP contribution >= 0.6 is 0 Å². The minimum Gasteiger partial charge on any atom is -0.469 e. The van der Waals surface area contributed by atoms with Crippen molar-refractivity contribution in [2.45, 2.75) is 96.9 Å². The van der Waals surface area contributed by atoms with Gasteiger partial charge in [-0.25, -0.2) is 0 Å². The number of unbranched alkanes of at least 4 members (excludes halogenated alkanes) is 3.